The van der Waals surface area contributed by atoms with E-state index in [1.807, 2.05) is 16.0 Å². The van der Waals surface area contributed by atoms with E-state index >= 15 is 0 Å². The van der Waals surface area contributed by atoms with Crippen molar-refractivity contribution in [2.45, 2.75) is 12.8 Å². The van der Waals surface area contributed by atoms with Gasteiger partial charge in [-0.15, -0.1) is 11.3 Å². The van der Waals surface area contributed by atoms with Crippen LogP contribution in [0.2, 0.25) is 0 Å². The van der Waals surface area contributed by atoms with Crippen LogP contribution in [0.15, 0.2) is 23.8 Å². The van der Waals surface area contributed by atoms with Crippen molar-refractivity contribution in [3.8, 4) is 0 Å². The third-order valence-corrected chi connectivity index (χ3v) is 3.98. The second-order valence-electron chi connectivity index (χ2n) is 4.44. The van der Waals surface area contributed by atoms with E-state index < -0.39 is 0 Å². The first-order chi connectivity index (χ1) is 9.24. The van der Waals surface area contributed by atoms with Gasteiger partial charge in [-0.1, -0.05) is 0 Å². The number of aromatic nitrogens is 2. The van der Waals surface area contributed by atoms with Gasteiger partial charge in [-0.3, -0.25) is 14.0 Å². The average molecular weight is 275 g/mol. The van der Waals surface area contributed by atoms with Crippen LogP contribution in [0.1, 0.15) is 18.5 Å². The second-order valence-corrected chi connectivity index (χ2v) is 5.31. The number of likely N-dealkylation sites (tertiary alicyclic amines) is 1. The Morgan fingerprint density at radius 1 is 1.37 bits per heavy atom. The molecule has 5 nitrogen and oxygen atoms in total. The zero-order valence-electron chi connectivity index (χ0n) is 10.3. The number of imidazole rings is 1. The summed E-state index contributed by atoms with van der Waals surface area (Å²) in [4.78, 5) is 30.0. The van der Waals surface area contributed by atoms with Crippen molar-refractivity contribution in [3.05, 3.63) is 29.5 Å². The summed E-state index contributed by atoms with van der Waals surface area (Å²) in [5, 5.41) is 1.96. The zero-order chi connectivity index (χ0) is 13.2. The van der Waals surface area contributed by atoms with Crippen LogP contribution >= 0.6 is 11.3 Å². The number of carbonyl (C=O) groups is 2. The molecule has 0 radical (unpaired) electrons. The lowest BCUT2D eigenvalue weighted by molar-refractivity contribution is -0.130. The Labute approximate surface area is 114 Å². The van der Waals surface area contributed by atoms with Gasteiger partial charge < -0.3 is 4.90 Å². The van der Waals surface area contributed by atoms with Crippen LogP contribution in [0.25, 0.3) is 11.0 Å². The lowest BCUT2D eigenvalue weighted by Crippen LogP contribution is -2.37. The number of rotatable bonds is 2. The quantitative estimate of drug-likeness (QED) is 0.782. The molecule has 2 aromatic rings. The predicted molar refractivity (Wildman–Crippen MR) is 72.9 cm³/mol. The minimum absolute atomic E-state index is 0.0438. The Morgan fingerprint density at radius 2 is 2.16 bits per heavy atom. The highest BCUT2D eigenvalue weighted by Gasteiger charge is 2.18. The maximum atomic E-state index is 12.0. The van der Waals surface area contributed by atoms with Crippen LogP contribution in [0.4, 0.5) is 0 Å². The number of nitrogens with zero attached hydrogens (tertiary/aromatic N) is 3. The summed E-state index contributed by atoms with van der Waals surface area (Å²) in [7, 11) is 0. The van der Waals surface area contributed by atoms with Gasteiger partial charge >= 0.3 is 0 Å². The van der Waals surface area contributed by atoms with Gasteiger partial charge in [-0.25, -0.2) is 4.98 Å². The third kappa shape index (κ3) is 2.44. The topological polar surface area (TPSA) is 54.7 Å². The number of carbonyl (C=O) groups excluding carboxylic acids is 2. The van der Waals surface area contributed by atoms with E-state index in [2.05, 4.69) is 4.98 Å². The average Bonchev–Trinajstić information content (AvgIpc) is 3.00. The molecular weight excluding hydrogens is 262 g/mol. The molecule has 1 fully saturated rings. The first kappa shape index (κ1) is 12.1. The second kappa shape index (κ2) is 4.97. The minimum Gasteiger partial charge on any atom is -0.338 e. The fourth-order valence-electron chi connectivity index (χ4n) is 2.11. The fourth-order valence-corrected chi connectivity index (χ4v) is 2.80. The Hall–Kier alpha value is -1.95. The lowest BCUT2D eigenvalue weighted by Gasteiger charge is -2.24. The molecular formula is C13H13N3O2S. The van der Waals surface area contributed by atoms with Crippen molar-refractivity contribution < 1.29 is 9.59 Å². The summed E-state index contributed by atoms with van der Waals surface area (Å²) in [6.45, 7) is 1.06. The summed E-state index contributed by atoms with van der Waals surface area (Å²) in [6.07, 6.45) is 7.94. The normalized spacial score (nSPS) is 16.6. The molecule has 0 bridgehead atoms. The van der Waals surface area contributed by atoms with E-state index in [4.69, 9.17) is 0 Å². The number of piperidine rings is 1. The Balaban J connectivity index is 1.71. The number of hydrogen-bond donors (Lipinski definition) is 0. The monoisotopic (exact) mass is 275 g/mol. The Bertz CT molecular complexity index is 646. The molecule has 1 amide bonds. The van der Waals surface area contributed by atoms with Gasteiger partial charge in [-0.2, -0.15) is 0 Å². The molecule has 6 heteroatoms. The van der Waals surface area contributed by atoms with Crippen molar-refractivity contribution in [3.63, 3.8) is 0 Å². The number of fused-ring (bicyclic) bond motifs is 1. The Morgan fingerprint density at radius 3 is 2.95 bits per heavy atom. The molecule has 3 heterocycles. The highest BCUT2D eigenvalue weighted by Crippen LogP contribution is 2.14. The molecule has 0 N–H and O–H groups in total. The predicted octanol–water partition coefficient (Wildman–Crippen LogP) is 1.60. The first-order valence-corrected chi connectivity index (χ1v) is 7.01. The lowest BCUT2D eigenvalue weighted by atomic mass is 10.1. The molecule has 1 saturated heterocycles. The van der Waals surface area contributed by atoms with Gasteiger partial charge in [0.25, 0.3) is 0 Å². The standard InChI is InChI=1S/C13H13N3O2S/c17-11-3-5-15(6-4-11)12(18)2-1-10-9-14-13-16(10)7-8-19-13/h1-2,7-9H,3-6H2/b2-1+. The van der Waals surface area contributed by atoms with E-state index in [1.54, 1.807) is 34.6 Å². The van der Waals surface area contributed by atoms with Gasteiger partial charge in [0.15, 0.2) is 4.96 Å². The highest BCUT2D eigenvalue weighted by molar-refractivity contribution is 7.15. The molecule has 0 aliphatic carbocycles. The molecule has 19 heavy (non-hydrogen) atoms. The van der Waals surface area contributed by atoms with E-state index in [0.29, 0.717) is 25.9 Å². The van der Waals surface area contributed by atoms with E-state index in [1.165, 1.54) is 0 Å². The van der Waals surface area contributed by atoms with Gasteiger partial charge in [0.2, 0.25) is 5.91 Å². The summed E-state index contributed by atoms with van der Waals surface area (Å²) >= 11 is 1.56. The van der Waals surface area contributed by atoms with Gasteiger partial charge in [0, 0.05) is 43.6 Å². The summed E-state index contributed by atoms with van der Waals surface area (Å²) in [5.41, 5.74) is 0.887. The van der Waals surface area contributed by atoms with Crippen LogP contribution in [0, 0.1) is 0 Å². The van der Waals surface area contributed by atoms with Crippen molar-refractivity contribution >= 4 is 34.1 Å². The molecule has 0 unspecified atom stereocenters. The van der Waals surface area contributed by atoms with Crippen LogP contribution < -0.4 is 0 Å². The number of thiazole rings is 1. The molecule has 1 aliphatic rings. The van der Waals surface area contributed by atoms with Crippen LogP contribution in [-0.2, 0) is 9.59 Å². The molecule has 0 spiro atoms. The van der Waals surface area contributed by atoms with E-state index in [9.17, 15) is 9.59 Å². The molecule has 3 rings (SSSR count). The number of ketones is 1. The van der Waals surface area contributed by atoms with E-state index in [0.717, 1.165) is 10.7 Å². The molecule has 98 valence electrons. The van der Waals surface area contributed by atoms with Crippen molar-refractivity contribution in [2.24, 2.45) is 0 Å². The maximum Gasteiger partial charge on any atom is 0.246 e. The molecule has 0 saturated carbocycles. The number of Topliss-reactive ketones (excluding diaryl/α,β-unsaturated/α-hetero) is 1. The van der Waals surface area contributed by atoms with Crippen molar-refractivity contribution in [1.82, 2.24) is 14.3 Å². The zero-order valence-corrected chi connectivity index (χ0v) is 11.1. The maximum absolute atomic E-state index is 12.0. The highest BCUT2D eigenvalue weighted by atomic mass is 32.1. The van der Waals surface area contributed by atoms with Crippen LogP contribution in [0.3, 0.4) is 0 Å². The van der Waals surface area contributed by atoms with Crippen molar-refractivity contribution in [1.29, 1.82) is 0 Å². The summed E-state index contributed by atoms with van der Waals surface area (Å²) in [6, 6.07) is 0. The fraction of sp³-hybridized carbons (Fsp3) is 0.308. The first-order valence-electron chi connectivity index (χ1n) is 6.13. The molecule has 0 aromatic carbocycles. The van der Waals surface area contributed by atoms with E-state index in [-0.39, 0.29) is 11.7 Å². The summed E-state index contributed by atoms with van der Waals surface area (Å²) in [5.74, 6) is 0.196. The van der Waals surface area contributed by atoms with Crippen LogP contribution in [0.5, 0.6) is 0 Å². The molecule has 2 aromatic heterocycles. The molecule has 1 aliphatic heterocycles. The summed E-state index contributed by atoms with van der Waals surface area (Å²) < 4.78 is 1.94. The van der Waals surface area contributed by atoms with Crippen molar-refractivity contribution in [2.75, 3.05) is 13.1 Å². The SMILES string of the molecule is O=C1CCN(C(=O)/C=C/c2cnc3sccn23)CC1. The third-order valence-electron chi connectivity index (χ3n) is 3.20. The number of amides is 1. The van der Waals surface area contributed by atoms with Gasteiger partial charge in [0.1, 0.15) is 5.78 Å². The van der Waals surface area contributed by atoms with Gasteiger partial charge in [0.05, 0.1) is 11.9 Å². The Kier molecular flexibility index (Phi) is 3.16. The minimum atomic E-state index is -0.0438. The molecule has 0 atom stereocenters. The smallest absolute Gasteiger partial charge is 0.246 e. The largest absolute Gasteiger partial charge is 0.338 e. The van der Waals surface area contributed by atoms with Gasteiger partial charge in [-0.05, 0) is 6.08 Å². The number of hydrogen-bond acceptors (Lipinski definition) is 4. The van der Waals surface area contributed by atoms with Crippen LogP contribution in [-0.4, -0.2) is 39.1 Å².